The third kappa shape index (κ3) is 1.14. The van der Waals surface area contributed by atoms with Crippen LogP contribution in [-0.2, 0) is 0 Å². The van der Waals surface area contributed by atoms with Crippen molar-refractivity contribution in [3.05, 3.63) is 24.2 Å². The van der Waals surface area contributed by atoms with E-state index in [1.165, 1.54) is 6.92 Å². The molecule has 2 N–H and O–H groups in total. The fraction of sp³-hybridized carbons (Fsp3) is 0.125. The number of ketones is 1. The van der Waals surface area contributed by atoms with E-state index in [1.54, 1.807) is 22.8 Å². The minimum atomic E-state index is -0.192. The number of anilines is 1. The van der Waals surface area contributed by atoms with Gasteiger partial charge in [-0.2, -0.15) is 0 Å². The Balaban J connectivity index is 2.77. The first kappa shape index (κ1) is 7.72. The molecule has 13 heavy (non-hydrogen) atoms. The molecule has 2 aromatic heterocycles. The van der Waals surface area contributed by atoms with Crippen molar-refractivity contribution in [2.24, 2.45) is 0 Å². The second kappa shape index (κ2) is 2.55. The van der Waals surface area contributed by atoms with Crippen LogP contribution in [0.4, 0.5) is 5.82 Å². The smallest absolute Gasteiger partial charge is 0.217 e. The van der Waals surface area contributed by atoms with E-state index in [0.29, 0.717) is 11.3 Å². The molecule has 0 aliphatic heterocycles. The van der Waals surface area contributed by atoms with E-state index >= 15 is 0 Å². The first-order chi connectivity index (χ1) is 6.18. The molecule has 0 amide bonds. The molecule has 0 radical (unpaired) electrons. The summed E-state index contributed by atoms with van der Waals surface area (Å²) in [5.74, 6) is 0.272. The molecule has 2 heterocycles. The Morgan fingerprint density at radius 2 is 2.38 bits per heavy atom. The number of rotatable bonds is 1. The highest BCUT2D eigenvalue weighted by Gasteiger charge is 2.07. The number of hydrogen-bond donors (Lipinski definition) is 1. The number of aromatic nitrogens is 3. The van der Waals surface area contributed by atoms with Crippen molar-refractivity contribution in [3.8, 4) is 0 Å². The van der Waals surface area contributed by atoms with Crippen LogP contribution in [0, 0.1) is 0 Å². The molecule has 0 unspecified atom stereocenters. The number of nitrogens with two attached hydrogens (primary N) is 1. The molecule has 5 nitrogen and oxygen atoms in total. The van der Waals surface area contributed by atoms with Gasteiger partial charge in [-0.05, 0) is 12.1 Å². The normalized spacial score (nSPS) is 10.5. The third-order valence-electron chi connectivity index (χ3n) is 1.73. The lowest BCUT2D eigenvalue weighted by molar-refractivity contribution is 0.100. The predicted octanol–water partition coefficient (Wildman–Crippen LogP) is 0.514. The second-order valence-corrected chi connectivity index (χ2v) is 2.71. The molecule has 0 aliphatic carbocycles. The number of nitrogen functional groups attached to an aromatic ring is 1. The monoisotopic (exact) mass is 176 g/mol. The van der Waals surface area contributed by atoms with E-state index in [1.807, 2.05) is 0 Å². The molecular formula is C8H8N4O. The van der Waals surface area contributed by atoms with Gasteiger partial charge in [0, 0.05) is 13.1 Å². The SMILES string of the molecule is CC(=O)c1nc(N)c2cccn2n1. The molecule has 2 aromatic rings. The first-order valence-corrected chi connectivity index (χ1v) is 3.80. The average Bonchev–Trinajstić information content (AvgIpc) is 2.51. The highest BCUT2D eigenvalue weighted by molar-refractivity contribution is 5.90. The molecule has 2 rings (SSSR count). The van der Waals surface area contributed by atoms with Crippen LogP contribution in [-0.4, -0.2) is 20.4 Å². The minimum Gasteiger partial charge on any atom is -0.382 e. The van der Waals surface area contributed by atoms with Gasteiger partial charge in [0.05, 0.1) is 0 Å². The first-order valence-electron chi connectivity index (χ1n) is 3.80. The van der Waals surface area contributed by atoms with Gasteiger partial charge in [-0.3, -0.25) is 4.79 Å². The summed E-state index contributed by atoms with van der Waals surface area (Å²) in [7, 11) is 0. The number of hydrogen-bond acceptors (Lipinski definition) is 4. The predicted molar refractivity (Wildman–Crippen MR) is 47.4 cm³/mol. The zero-order chi connectivity index (χ0) is 9.42. The summed E-state index contributed by atoms with van der Waals surface area (Å²) in [6.45, 7) is 1.41. The van der Waals surface area contributed by atoms with Gasteiger partial charge in [-0.25, -0.2) is 9.50 Å². The summed E-state index contributed by atoms with van der Waals surface area (Å²) in [4.78, 5) is 14.8. The summed E-state index contributed by atoms with van der Waals surface area (Å²) < 4.78 is 1.54. The lowest BCUT2D eigenvalue weighted by Crippen LogP contribution is -2.08. The third-order valence-corrected chi connectivity index (χ3v) is 1.73. The van der Waals surface area contributed by atoms with Gasteiger partial charge >= 0.3 is 0 Å². The van der Waals surface area contributed by atoms with Gasteiger partial charge in [0.2, 0.25) is 5.82 Å². The van der Waals surface area contributed by atoms with Crippen LogP contribution in [0.3, 0.4) is 0 Å². The Labute approximate surface area is 74.2 Å². The van der Waals surface area contributed by atoms with Crippen molar-refractivity contribution < 1.29 is 4.79 Å². The molecule has 0 saturated carbocycles. The molecule has 5 heteroatoms. The standard InChI is InChI=1S/C8H8N4O/c1-5(13)8-10-7(9)6-3-2-4-12(6)11-8/h2-4H,1H3,(H2,9,10,11). The van der Waals surface area contributed by atoms with Crippen molar-refractivity contribution in [2.75, 3.05) is 5.73 Å². The molecule has 0 bridgehead atoms. The lowest BCUT2D eigenvalue weighted by Gasteiger charge is -1.99. The summed E-state index contributed by atoms with van der Waals surface area (Å²) >= 11 is 0. The van der Waals surface area contributed by atoms with Crippen molar-refractivity contribution >= 4 is 17.1 Å². The van der Waals surface area contributed by atoms with Gasteiger partial charge in [0.1, 0.15) is 5.52 Å². The lowest BCUT2D eigenvalue weighted by atomic mass is 10.4. The Bertz CT molecular complexity index is 474. The molecular weight excluding hydrogens is 168 g/mol. The summed E-state index contributed by atoms with van der Waals surface area (Å²) in [6, 6.07) is 3.59. The van der Waals surface area contributed by atoms with E-state index in [0.717, 1.165) is 0 Å². The van der Waals surface area contributed by atoms with Crippen LogP contribution in [0.2, 0.25) is 0 Å². The largest absolute Gasteiger partial charge is 0.382 e. The van der Waals surface area contributed by atoms with E-state index in [2.05, 4.69) is 10.1 Å². The van der Waals surface area contributed by atoms with Crippen molar-refractivity contribution in [1.29, 1.82) is 0 Å². The zero-order valence-electron chi connectivity index (χ0n) is 7.06. The van der Waals surface area contributed by atoms with Gasteiger partial charge in [0.25, 0.3) is 0 Å². The van der Waals surface area contributed by atoms with Gasteiger partial charge in [-0.1, -0.05) is 0 Å². The van der Waals surface area contributed by atoms with Crippen LogP contribution in [0.15, 0.2) is 18.3 Å². The molecule has 66 valence electrons. The number of Topliss-reactive ketones (excluding diaryl/α,β-unsaturated/α-hetero) is 1. The van der Waals surface area contributed by atoms with E-state index in [-0.39, 0.29) is 11.6 Å². The van der Waals surface area contributed by atoms with Crippen LogP contribution in [0.1, 0.15) is 17.5 Å². The van der Waals surface area contributed by atoms with Crippen molar-refractivity contribution in [1.82, 2.24) is 14.6 Å². The van der Waals surface area contributed by atoms with Gasteiger partial charge < -0.3 is 5.73 Å². The molecule has 0 saturated heterocycles. The fourth-order valence-corrected chi connectivity index (χ4v) is 1.11. The summed E-state index contributed by atoms with van der Waals surface area (Å²) in [6.07, 6.45) is 1.72. The van der Waals surface area contributed by atoms with E-state index < -0.39 is 0 Å². The van der Waals surface area contributed by atoms with E-state index in [9.17, 15) is 4.79 Å². The maximum Gasteiger partial charge on any atom is 0.217 e. The van der Waals surface area contributed by atoms with E-state index in [4.69, 9.17) is 5.73 Å². The Morgan fingerprint density at radius 1 is 1.62 bits per heavy atom. The highest BCUT2D eigenvalue weighted by atomic mass is 16.1. The van der Waals surface area contributed by atoms with Crippen LogP contribution >= 0.6 is 0 Å². The molecule has 0 spiro atoms. The average molecular weight is 176 g/mol. The molecule has 0 atom stereocenters. The number of fused-ring (bicyclic) bond motifs is 1. The van der Waals surface area contributed by atoms with Gasteiger partial charge in [0.15, 0.2) is 11.6 Å². The molecule has 0 aliphatic rings. The maximum absolute atomic E-state index is 11.0. The number of nitrogens with zero attached hydrogens (tertiary/aromatic N) is 3. The van der Waals surface area contributed by atoms with Gasteiger partial charge in [-0.15, -0.1) is 5.10 Å². The second-order valence-electron chi connectivity index (χ2n) is 2.71. The highest BCUT2D eigenvalue weighted by Crippen LogP contribution is 2.09. The molecule has 0 aromatic carbocycles. The van der Waals surface area contributed by atoms with Crippen LogP contribution in [0.5, 0.6) is 0 Å². The van der Waals surface area contributed by atoms with Crippen LogP contribution in [0.25, 0.3) is 5.52 Å². The summed E-state index contributed by atoms with van der Waals surface area (Å²) in [5, 5.41) is 3.97. The Hall–Kier alpha value is -1.91. The minimum absolute atomic E-state index is 0.140. The number of carbonyl (C=O) groups is 1. The Morgan fingerprint density at radius 3 is 3.08 bits per heavy atom. The molecule has 0 fully saturated rings. The Kier molecular flexibility index (Phi) is 1.51. The quantitative estimate of drug-likeness (QED) is 0.642. The topological polar surface area (TPSA) is 73.3 Å². The fourth-order valence-electron chi connectivity index (χ4n) is 1.11. The summed E-state index contributed by atoms with van der Waals surface area (Å²) in [5.41, 5.74) is 6.33. The zero-order valence-corrected chi connectivity index (χ0v) is 7.06. The van der Waals surface area contributed by atoms with Crippen molar-refractivity contribution in [2.45, 2.75) is 6.92 Å². The maximum atomic E-state index is 11.0. The van der Waals surface area contributed by atoms with Crippen LogP contribution < -0.4 is 5.73 Å². The van der Waals surface area contributed by atoms with Crippen molar-refractivity contribution in [3.63, 3.8) is 0 Å². The number of carbonyl (C=O) groups excluding carboxylic acids is 1.